The summed E-state index contributed by atoms with van der Waals surface area (Å²) in [5, 5.41) is 1.67. The van der Waals surface area contributed by atoms with E-state index in [0.717, 1.165) is 53.8 Å². The largest absolute Gasteiger partial charge is 0.457 e. The first-order chi connectivity index (χ1) is 32.9. The van der Waals surface area contributed by atoms with Crippen LogP contribution in [0.3, 0.4) is 0 Å². The first kappa shape index (κ1) is 54.4. The van der Waals surface area contributed by atoms with Crippen molar-refractivity contribution >= 4 is 47.4 Å². The van der Waals surface area contributed by atoms with Crippen LogP contribution in [0.15, 0.2) is 110 Å². The van der Waals surface area contributed by atoms with E-state index in [1.807, 2.05) is 63.6 Å². The van der Waals surface area contributed by atoms with Gasteiger partial charge in [0, 0.05) is 35.6 Å². The van der Waals surface area contributed by atoms with Gasteiger partial charge in [0.15, 0.2) is 5.71 Å². The second-order valence-corrected chi connectivity index (χ2v) is 22.6. The van der Waals surface area contributed by atoms with Crippen molar-refractivity contribution in [2.75, 3.05) is 58.4 Å². The SMILES string of the molecule is C#CCCCCOCCOCCOCCON1/C(=C/C=C2\CCCC(/C=C/C3=[N+](C)c4c(C)cc(S(=O)(=O)O)cc4C3(C)C)=C2Oc2ccc(S(=O)(=O)O)cc2)C(C)(C)c2cc(S(=O)(=O)O)cc(C)c21. The monoisotopic (exact) mass is 1020 g/mol. The number of hydrogen-bond acceptors (Lipinski definition) is 12. The lowest BCUT2D eigenvalue weighted by molar-refractivity contribution is -0.402. The zero-order chi connectivity index (χ0) is 51.2. The van der Waals surface area contributed by atoms with Crippen molar-refractivity contribution in [1.82, 2.24) is 0 Å². The number of hydroxylamine groups is 1. The second-order valence-electron chi connectivity index (χ2n) is 18.4. The standard InChI is InChI=1S/C51H62N2O14S3/c1-9-10-11-12-24-63-25-26-64-27-28-65-29-30-66-53-46(51(6,7)44-34-42(70(60,61)62)32-36(3)48(44)53)23-17-38-15-13-14-37(49(38)67-39-18-20-40(21-19-39)68(54,55)56)16-22-45-50(4,5)43-33-41(69(57,58)59)31-35(2)47(43)52(45)8/h1,16-23,31-34H,10-15,24-30H2,2-8H3,(H2-,54,55,56,57,58,59,60,61,62)/p+1. The maximum atomic E-state index is 12.5. The maximum absolute atomic E-state index is 12.5. The van der Waals surface area contributed by atoms with Gasteiger partial charge in [0.25, 0.3) is 30.4 Å². The molecular weight excluding hydrogens is 961 g/mol. The summed E-state index contributed by atoms with van der Waals surface area (Å²) in [7, 11) is -11.6. The molecule has 19 heteroatoms. The van der Waals surface area contributed by atoms with Gasteiger partial charge in [-0.3, -0.25) is 18.5 Å². The molecule has 0 saturated carbocycles. The van der Waals surface area contributed by atoms with Gasteiger partial charge in [-0.2, -0.15) is 29.8 Å². The molecule has 2 aliphatic heterocycles. The van der Waals surface area contributed by atoms with Crippen LogP contribution in [0.4, 0.5) is 11.4 Å². The van der Waals surface area contributed by atoms with E-state index >= 15 is 0 Å². The fraction of sp³-hybridized carbons (Fsp3) is 0.431. The van der Waals surface area contributed by atoms with Gasteiger partial charge in [0.2, 0.25) is 5.69 Å². The number of benzene rings is 3. The lowest BCUT2D eigenvalue weighted by atomic mass is 9.80. The Hall–Kier alpha value is -4.98. The number of anilines is 1. The van der Waals surface area contributed by atoms with Gasteiger partial charge in [-0.1, -0.05) is 19.9 Å². The van der Waals surface area contributed by atoms with Crippen LogP contribution in [0.1, 0.15) is 88.5 Å². The number of hydrogen-bond donors (Lipinski definition) is 3. The van der Waals surface area contributed by atoms with Gasteiger partial charge in [-0.25, -0.2) is 5.06 Å². The molecular formula is C51H63N2O14S3+. The van der Waals surface area contributed by atoms with Crippen LogP contribution in [-0.4, -0.2) is 102 Å². The molecule has 0 bridgehead atoms. The zero-order valence-electron chi connectivity index (χ0n) is 40.6. The summed E-state index contributed by atoms with van der Waals surface area (Å²) in [6, 6.07) is 11.2. The highest BCUT2D eigenvalue weighted by molar-refractivity contribution is 7.86. The van der Waals surface area contributed by atoms with Crippen molar-refractivity contribution in [1.29, 1.82) is 0 Å². The van der Waals surface area contributed by atoms with E-state index < -0.39 is 41.2 Å². The maximum Gasteiger partial charge on any atom is 0.294 e. The molecule has 0 fully saturated rings. The molecule has 0 saturated heterocycles. The van der Waals surface area contributed by atoms with Gasteiger partial charge in [0.1, 0.15) is 18.6 Å². The average Bonchev–Trinajstić information content (AvgIpc) is 3.61. The third kappa shape index (κ3) is 12.5. The highest BCUT2D eigenvalue weighted by atomic mass is 32.2. The topological polar surface area (TPSA) is 216 Å². The molecule has 2 heterocycles. The number of unbranched alkanes of at least 4 members (excludes halogenated alkanes) is 2. The summed E-state index contributed by atoms with van der Waals surface area (Å²) >= 11 is 0. The minimum atomic E-state index is -4.56. The lowest BCUT2D eigenvalue weighted by Crippen LogP contribution is -2.28. The molecule has 0 radical (unpaired) electrons. The third-order valence-electron chi connectivity index (χ3n) is 12.6. The zero-order valence-corrected chi connectivity index (χ0v) is 43.1. The van der Waals surface area contributed by atoms with E-state index in [0.29, 0.717) is 85.5 Å². The Balaban J connectivity index is 1.33. The van der Waals surface area contributed by atoms with Crippen LogP contribution in [-0.2, 0) is 60.2 Å². The molecule has 3 aliphatic rings. The smallest absolute Gasteiger partial charge is 0.294 e. The molecule has 3 aromatic carbocycles. The first-order valence-electron chi connectivity index (χ1n) is 22.9. The quantitative estimate of drug-likeness (QED) is 0.0372. The number of allylic oxidation sites excluding steroid dienone is 7. The van der Waals surface area contributed by atoms with Crippen LogP contribution in [0, 0.1) is 26.2 Å². The molecule has 0 atom stereocenters. The molecule has 3 aromatic rings. The van der Waals surface area contributed by atoms with Gasteiger partial charge in [-0.05, 0) is 143 Å². The summed E-state index contributed by atoms with van der Waals surface area (Å²) < 4.78 is 129. The summed E-state index contributed by atoms with van der Waals surface area (Å²) in [4.78, 5) is 5.70. The van der Waals surface area contributed by atoms with Crippen molar-refractivity contribution in [3.8, 4) is 18.1 Å². The molecule has 0 unspecified atom stereocenters. The Labute approximate surface area is 412 Å². The van der Waals surface area contributed by atoms with E-state index in [-0.39, 0.29) is 27.9 Å². The van der Waals surface area contributed by atoms with Crippen molar-refractivity contribution in [3.63, 3.8) is 0 Å². The Bertz CT molecular complexity index is 3010. The van der Waals surface area contributed by atoms with E-state index in [1.54, 1.807) is 18.9 Å². The molecule has 0 aromatic heterocycles. The Morgan fingerprint density at radius 2 is 1.27 bits per heavy atom. The fourth-order valence-electron chi connectivity index (χ4n) is 9.05. The summed E-state index contributed by atoms with van der Waals surface area (Å²) in [6.45, 7) is 13.9. The van der Waals surface area contributed by atoms with Crippen molar-refractivity contribution in [3.05, 3.63) is 118 Å². The van der Waals surface area contributed by atoms with E-state index in [4.69, 9.17) is 30.2 Å². The number of fused-ring (bicyclic) bond motifs is 2. The predicted molar refractivity (Wildman–Crippen MR) is 266 cm³/mol. The van der Waals surface area contributed by atoms with Crippen LogP contribution in [0.5, 0.6) is 5.75 Å². The summed E-state index contributed by atoms with van der Waals surface area (Å²) in [5.74, 6) is 3.41. The van der Waals surface area contributed by atoms with Crippen molar-refractivity contribution in [2.24, 2.45) is 0 Å². The molecule has 70 heavy (non-hydrogen) atoms. The van der Waals surface area contributed by atoms with Crippen LogP contribution < -0.4 is 9.80 Å². The predicted octanol–water partition coefficient (Wildman–Crippen LogP) is 8.52. The normalized spacial score (nSPS) is 18.0. The highest BCUT2D eigenvalue weighted by Crippen LogP contribution is 2.51. The van der Waals surface area contributed by atoms with E-state index in [1.165, 1.54) is 48.5 Å². The highest BCUT2D eigenvalue weighted by Gasteiger charge is 2.45. The summed E-state index contributed by atoms with van der Waals surface area (Å²) in [6.07, 6.45) is 17.4. The number of nitrogens with zero attached hydrogens (tertiary/aromatic N) is 2. The minimum Gasteiger partial charge on any atom is -0.457 e. The molecule has 16 nitrogen and oxygen atoms in total. The van der Waals surface area contributed by atoms with Gasteiger partial charge >= 0.3 is 0 Å². The average molecular weight is 1020 g/mol. The van der Waals surface area contributed by atoms with Crippen LogP contribution >= 0.6 is 0 Å². The van der Waals surface area contributed by atoms with Gasteiger partial charge < -0.3 is 18.9 Å². The Morgan fingerprint density at radius 3 is 1.87 bits per heavy atom. The van der Waals surface area contributed by atoms with E-state index in [2.05, 4.69) is 5.92 Å². The number of aryl methyl sites for hydroxylation is 2. The van der Waals surface area contributed by atoms with Crippen LogP contribution in [0.25, 0.3) is 0 Å². The Morgan fingerprint density at radius 1 is 0.700 bits per heavy atom. The van der Waals surface area contributed by atoms with Gasteiger partial charge in [-0.15, -0.1) is 12.3 Å². The molecule has 0 amide bonds. The first-order valence-corrected chi connectivity index (χ1v) is 27.2. The number of terminal acetylenes is 1. The molecule has 6 rings (SSSR count). The summed E-state index contributed by atoms with van der Waals surface area (Å²) in [5.41, 5.74) is 5.53. The number of ether oxygens (including phenoxy) is 4. The van der Waals surface area contributed by atoms with Gasteiger partial charge in [0.05, 0.1) is 71.1 Å². The molecule has 1 aliphatic carbocycles. The molecule has 378 valence electrons. The third-order valence-corrected chi connectivity index (χ3v) is 15.2. The second kappa shape index (κ2) is 22.2. The minimum absolute atomic E-state index is 0.122. The lowest BCUT2D eigenvalue weighted by Gasteiger charge is -2.27. The van der Waals surface area contributed by atoms with Crippen molar-refractivity contribution in [2.45, 2.75) is 106 Å². The number of rotatable bonds is 22. The Kier molecular flexibility index (Phi) is 17.2. The van der Waals surface area contributed by atoms with Crippen molar-refractivity contribution < 1.29 is 67.3 Å². The molecule has 0 spiro atoms. The van der Waals surface area contributed by atoms with E-state index in [9.17, 15) is 38.9 Å². The van der Waals surface area contributed by atoms with Crippen LogP contribution in [0.2, 0.25) is 0 Å². The fourth-order valence-corrected chi connectivity index (χ4v) is 10.7. The molecule has 3 N–H and O–H groups in total.